The first-order chi connectivity index (χ1) is 8.55. The van der Waals surface area contributed by atoms with Crippen molar-refractivity contribution in [3.63, 3.8) is 0 Å². The number of hydrogen-bond donors (Lipinski definition) is 0. The molecule has 1 aromatic heterocycles. The zero-order valence-electron chi connectivity index (χ0n) is 9.52. The van der Waals surface area contributed by atoms with Crippen molar-refractivity contribution in [3.05, 3.63) is 54.0 Å². The number of hydrogen-bond acceptors (Lipinski definition) is 3. The summed E-state index contributed by atoms with van der Waals surface area (Å²) in [4.78, 5) is 11.7. The molecular weight excluding hydrogens is 242 g/mol. The third kappa shape index (κ3) is 2.11. The molecule has 3 nitrogen and oxygen atoms in total. The zero-order chi connectivity index (χ0) is 13.2. The number of ketones is 1. The van der Waals surface area contributed by atoms with Crippen molar-refractivity contribution in [3.8, 4) is 5.75 Å². The second-order valence-electron chi connectivity index (χ2n) is 3.61. The zero-order valence-corrected chi connectivity index (χ0v) is 9.52. The van der Waals surface area contributed by atoms with E-state index in [1.807, 2.05) is 0 Å². The fourth-order valence-corrected chi connectivity index (χ4v) is 1.49. The predicted octanol–water partition coefficient (Wildman–Crippen LogP) is 3.26. The summed E-state index contributed by atoms with van der Waals surface area (Å²) in [6.07, 6.45) is 1.10. The van der Waals surface area contributed by atoms with Gasteiger partial charge in [0, 0.05) is 5.56 Å². The summed E-state index contributed by atoms with van der Waals surface area (Å²) in [5.74, 6) is -5.14. The van der Waals surface area contributed by atoms with Crippen molar-refractivity contribution < 1.29 is 22.7 Å². The molecule has 0 atom stereocenters. The minimum atomic E-state index is -3.67. The van der Waals surface area contributed by atoms with Gasteiger partial charge in [0.05, 0.1) is 13.4 Å². The van der Waals surface area contributed by atoms with E-state index in [9.17, 15) is 13.6 Å². The van der Waals surface area contributed by atoms with Gasteiger partial charge >= 0.3 is 5.92 Å². The molecule has 0 unspecified atom stereocenters. The van der Waals surface area contributed by atoms with Gasteiger partial charge in [0.2, 0.25) is 5.78 Å². The summed E-state index contributed by atoms with van der Waals surface area (Å²) >= 11 is 0. The van der Waals surface area contributed by atoms with Gasteiger partial charge in [-0.3, -0.25) is 4.79 Å². The Hall–Kier alpha value is -2.17. The smallest absolute Gasteiger partial charge is 0.366 e. The number of Topliss-reactive ketones (excluding diaryl/α,β-unsaturated/α-hetero) is 1. The first-order valence-corrected chi connectivity index (χ1v) is 5.16. The Morgan fingerprint density at radius 3 is 2.39 bits per heavy atom. The minimum Gasteiger partial charge on any atom is -0.497 e. The van der Waals surface area contributed by atoms with Gasteiger partial charge in [0.1, 0.15) is 5.75 Å². The predicted molar refractivity (Wildman–Crippen MR) is 59.9 cm³/mol. The average molecular weight is 252 g/mol. The number of ether oxygens (including phenoxy) is 1. The highest BCUT2D eigenvalue weighted by Gasteiger charge is 2.44. The van der Waals surface area contributed by atoms with Crippen LogP contribution in [0.4, 0.5) is 8.78 Å². The summed E-state index contributed by atoms with van der Waals surface area (Å²) in [5, 5.41) is 0. The normalized spacial score (nSPS) is 11.3. The molecule has 2 aromatic rings. The molecule has 2 rings (SSSR count). The van der Waals surface area contributed by atoms with Gasteiger partial charge in [-0.15, -0.1) is 0 Å². The Kier molecular flexibility index (Phi) is 3.14. The number of alkyl halides is 2. The van der Waals surface area contributed by atoms with Crippen LogP contribution >= 0.6 is 0 Å². The number of methoxy groups -OCH3 is 1. The lowest BCUT2D eigenvalue weighted by Crippen LogP contribution is -2.25. The van der Waals surface area contributed by atoms with Crippen LogP contribution in [-0.2, 0) is 5.92 Å². The number of carbonyl (C=O) groups is 1. The lowest BCUT2D eigenvalue weighted by molar-refractivity contribution is -0.00654. The van der Waals surface area contributed by atoms with Crippen LogP contribution in [-0.4, -0.2) is 12.9 Å². The van der Waals surface area contributed by atoms with E-state index in [0.717, 1.165) is 12.3 Å². The summed E-state index contributed by atoms with van der Waals surface area (Å²) in [7, 11) is 1.45. The largest absolute Gasteiger partial charge is 0.497 e. The third-order valence-electron chi connectivity index (χ3n) is 2.47. The number of furan rings is 1. The Morgan fingerprint density at radius 1 is 1.22 bits per heavy atom. The summed E-state index contributed by atoms with van der Waals surface area (Å²) in [6, 6.07) is 7.86. The minimum absolute atomic E-state index is 0.0998. The third-order valence-corrected chi connectivity index (χ3v) is 2.47. The first-order valence-electron chi connectivity index (χ1n) is 5.16. The maximum absolute atomic E-state index is 13.8. The fourth-order valence-electron chi connectivity index (χ4n) is 1.49. The number of benzene rings is 1. The molecule has 94 valence electrons. The van der Waals surface area contributed by atoms with Crippen LogP contribution in [0.15, 0.2) is 47.1 Å². The molecule has 0 spiro atoms. The number of halogens is 2. The molecule has 0 aliphatic heterocycles. The summed E-state index contributed by atoms with van der Waals surface area (Å²) < 4.78 is 37.0. The van der Waals surface area contributed by atoms with E-state index in [-0.39, 0.29) is 5.56 Å². The molecule has 0 N–H and O–H groups in total. The van der Waals surface area contributed by atoms with Gasteiger partial charge in [-0.05, 0) is 36.4 Å². The average Bonchev–Trinajstić information content (AvgIpc) is 2.92. The molecule has 0 amide bonds. The maximum atomic E-state index is 13.8. The second-order valence-corrected chi connectivity index (χ2v) is 3.61. The molecule has 0 aliphatic carbocycles. The summed E-state index contributed by atoms with van der Waals surface area (Å²) in [6.45, 7) is 0. The molecule has 0 aliphatic rings. The van der Waals surface area contributed by atoms with E-state index >= 15 is 0 Å². The van der Waals surface area contributed by atoms with Crippen molar-refractivity contribution in [2.45, 2.75) is 5.92 Å². The van der Waals surface area contributed by atoms with Gasteiger partial charge in [0.15, 0.2) is 5.76 Å². The van der Waals surface area contributed by atoms with E-state index in [2.05, 4.69) is 4.42 Å². The van der Waals surface area contributed by atoms with Crippen molar-refractivity contribution in [2.75, 3.05) is 7.11 Å². The monoisotopic (exact) mass is 252 g/mol. The Bertz CT molecular complexity index is 530. The quantitative estimate of drug-likeness (QED) is 0.784. The van der Waals surface area contributed by atoms with E-state index in [4.69, 9.17) is 4.74 Å². The molecule has 0 saturated carbocycles. The van der Waals surface area contributed by atoms with Crippen LogP contribution in [0, 0.1) is 0 Å². The topological polar surface area (TPSA) is 39.4 Å². The first kappa shape index (κ1) is 12.3. The van der Waals surface area contributed by atoms with Gasteiger partial charge < -0.3 is 9.15 Å². The van der Waals surface area contributed by atoms with Crippen molar-refractivity contribution >= 4 is 5.78 Å². The van der Waals surface area contributed by atoms with Gasteiger partial charge in [0.25, 0.3) is 0 Å². The number of rotatable bonds is 4. The van der Waals surface area contributed by atoms with Gasteiger partial charge in [-0.2, -0.15) is 8.78 Å². The van der Waals surface area contributed by atoms with Crippen LogP contribution in [0.3, 0.4) is 0 Å². The number of carbonyl (C=O) groups excluding carboxylic acids is 1. The van der Waals surface area contributed by atoms with Crippen molar-refractivity contribution in [1.29, 1.82) is 0 Å². The molecule has 0 bridgehead atoms. The van der Waals surface area contributed by atoms with Crippen LogP contribution in [0.2, 0.25) is 0 Å². The van der Waals surface area contributed by atoms with E-state index in [1.165, 1.54) is 37.4 Å². The van der Waals surface area contributed by atoms with E-state index in [1.54, 1.807) is 0 Å². The van der Waals surface area contributed by atoms with Crippen LogP contribution in [0.25, 0.3) is 0 Å². The van der Waals surface area contributed by atoms with Crippen LogP contribution in [0.1, 0.15) is 16.1 Å². The maximum Gasteiger partial charge on any atom is 0.366 e. The lowest BCUT2D eigenvalue weighted by atomic mass is 10.0. The highest BCUT2D eigenvalue weighted by molar-refractivity contribution is 6.01. The molecule has 1 heterocycles. The standard InChI is InChI=1S/C13H10F2O3/c1-17-10-6-4-9(5-7-10)12(16)13(14,15)11-3-2-8-18-11/h2-8H,1H3. The molecule has 0 saturated heterocycles. The molecule has 5 heteroatoms. The van der Waals surface area contributed by atoms with Crippen molar-refractivity contribution in [2.24, 2.45) is 0 Å². The molecule has 0 radical (unpaired) electrons. The van der Waals surface area contributed by atoms with Gasteiger partial charge in [-0.1, -0.05) is 0 Å². The molecule has 0 fully saturated rings. The second kappa shape index (κ2) is 4.60. The molecule has 1 aromatic carbocycles. The molecular formula is C13H10F2O3. The fraction of sp³-hybridized carbons (Fsp3) is 0.154. The Balaban J connectivity index is 2.30. The SMILES string of the molecule is COc1ccc(C(=O)C(F)(F)c2ccco2)cc1. The van der Waals surface area contributed by atoms with Crippen LogP contribution in [0.5, 0.6) is 5.75 Å². The Labute approximate surface area is 102 Å². The van der Waals surface area contributed by atoms with E-state index in [0.29, 0.717) is 5.75 Å². The lowest BCUT2D eigenvalue weighted by Gasteiger charge is -2.12. The highest BCUT2D eigenvalue weighted by atomic mass is 19.3. The molecule has 18 heavy (non-hydrogen) atoms. The summed E-state index contributed by atoms with van der Waals surface area (Å²) in [5.41, 5.74) is -0.0998. The van der Waals surface area contributed by atoms with Gasteiger partial charge in [-0.25, -0.2) is 0 Å². The van der Waals surface area contributed by atoms with Crippen molar-refractivity contribution in [1.82, 2.24) is 0 Å². The van der Waals surface area contributed by atoms with Crippen LogP contribution < -0.4 is 4.74 Å². The highest BCUT2D eigenvalue weighted by Crippen LogP contribution is 2.32. The Morgan fingerprint density at radius 2 is 1.89 bits per heavy atom. The van der Waals surface area contributed by atoms with E-state index < -0.39 is 17.5 Å².